The van der Waals surface area contributed by atoms with Crippen LogP contribution < -0.4 is 0 Å². The first-order valence-corrected chi connectivity index (χ1v) is 12.6. The van der Waals surface area contributed by atoms with Gasteiger partial charge in [0.2, 0.25) is 0 Å². The fraction of sp³-hybridized carbons (Fsp3) is 0.846. The summed E-state index contributed by atoms with van der Waals surface area (Å²) in [6.45, 7) is 4.60. The van der Waals surface area contributed by atoms with Gasteiger partial charge < -0.3 is 19.8 Å². The van der Waals surface area contributed by atoms with Crippen molar-refractivity contribution in [2.24, 2.45) is 23.2 Å². The summed E-state index contributed by atoms with van der Waals surface area (Å²) in [7, 11) is 0. The van der Waals surface area contributed by atoms with Gasteiger partial charge in [-0.05, 0) is 81.0 Å². The van der Waals surface area contributed by atoms with Crippen LogP contribution in [0.5, 0.6) is 0 Å². The van der Waals surface area contributed by atoms with Crippen LogP contribution in [0.1, 0.15) is 71.6 Å². The van der Waals surface area contributed by atoms with E-state index in [9.17, 15) is 19.0 Å². The maximum Gasteiger partial charge on any atom is 0.345 e. The van der Waals surface area contributed by atoms with Crippen molar-refractivity contribution in [3.63, 3.8) is 0 Å². The van der Waals surface area contributed by atoms with E-state index in [0.29, 0.717) is 55.4 Å². The van der Waals surface area contributed by atoms with Gasteiger partial charge in [0, 0.05) is 19.6 Å². The first-order chi connectivity index (χ1) is 15.2. The van der Waals surface area contributed by atoms with Gasteiger partial charge in [0.05, 0.1) is 18.3 Å². The summed E-state index contributed by atoms with van der Waals surface area (Å²) >= 11 is 0. The van der Waals surface area contributed by atoms with E-state index in [4.69, 9.17) is 4.74 Å². The zero-order chi connectivity index (χ0) is 22.9. The number of ether oxygens (including phenoxy) is 1. The van der Waals surface area contributed by atoms with Crippen LogP contribution in [0.15, 0.2) is 23.3 Å². The summed E-state index contributed by atoms with van der Waals surface area (Å²) in [6, 6.07) is 0. The number of hydrogen-bond donors (Lipinski definition) is 2. The topological polar surface area (TPSA) is 52.9 Å². The second-order valence-corrected chi connectivity index (χ2v) is 11.2. The predicted octanol–water partition coefficient (Wildman–Crippen LogP) is 4.91. The Morgan fingerprint density at radius 2 is 1.91 bits per heavy atom. The van der Waals surface area contributed by atoms with Gasteiger partial charge in [-0.15, -0.1) is 0 Å². The largest absolute Gasteiger partial charge is 0.393 e. The number of allylic oxidation sites excluding steroid dienone is 3. The van der Waals surface area contributed by atoms with Crippen LogP contribution >= 0.6 is 0 Å². The molecule has 32 heavy (non-hydrogen) atoms. The third kappa shape index (κ3) is 5.45. The summed E-state index contributed by atoms with van der Waals surface area (Å²) < 4.78 is 29.8. The van der Waals surface area contributed by atoms with Gasteiger partial charge in [-0.25, -0.2) is 0 Å². The minimum absolute atomic E-state index is 0.298. The number of aliphatic hydroxyl groups is 2. The Kier molecular flexibility index (Phi) is 7.75. The van der Waals surface area contributed by atoms with Crippen LogP contribution in [0.2, 0.25) is 0 Å². The molecule has 4 nitrogen and oxygen atoms in total. The molecule has 2 N–H and O–H groups in total. The lowest BCUT2D eigenvalue weighted by atomic mass is 9.61. The maximum atomic E-state index is 12.5. The third-order valence-electron chi connectivity index (χ3n) is 8.87. The smallest absolute Gasteiger partial charge is 0.345 e. The normalized spacial score (nSPS) is 40.8. The van der Waals surface area contributed by atoms with Crippen molar-refractivity contribution in [3.8, 4) is 0 Å². The number of halogens is 2. The van der Waals surface area contributed by atoms with Gasteiger partial charge in [0.25, 0.3) is 0 Å². The molecule has 0 amide bonds. The first-order valence-electron chi connectivity index (χ1n) is 12.6. The highest BCUT2D eigenvalue weighted by molar-refractivity contribution is 5.26. The summed E-state index contributed by atoms with van der Waals surface area (Å²) in [6.07, 6.45) is 11.9. The molecule has 4 fully saturated rings. The van der Waals surface area contributed by atoms with E-state index in [-0.39, 0.29) is 6.10 Å². The molecule has 0 aromatic carbocycles. The molecule has 0 aromatic rings. The summed E-state index contributed by atoms with van der Waals surface area (Å²) in [4.78, 5) is 2.32. The lowest BCUT2D eigenvalue weighted by Gasteiger charge is -2.45. The zero-order valence-corrected chi connectivity index (χ0v) is 19.7. The van der Waals surface area contributed by atoms with Crippen LogP contribution in [0.3, 0.4) is 0 Å². The lowest BCUT2D eigenvalue weighted by molar-refractivity contribution is -0.158. The molecular formula is C26H41F2NO3. The summed E-state index contributed by atoms with van der Waals surface area (Å²) in [5, 5.41) is 20.0. The van der Waals surface area contributed by atoms with E-state index in [1.54, 1.807) is 5.57 Å². The number of alkyl halides is 2. The standard InChI is InChI=1S/C26H41F2NO3/c1-17(15-29-11-9-22(16-29)32-25(27)28)23-7-8-24-19(4-3-10-26(23,24)2)6-5-18-12-20(30)14-21(31)13-18/h5-6,17,20-25,30-31H,3-4,7-16H2,1-2H3/b19-6+/t17?,20-,21-,22+,23-,24+,26-/m1/s1. The Labute approximate surface area is 191 Å². The van der Waals surface area contributed by atoms with E-state index in [1.807, 2.05) is 0 Å². The van der Waals surface area contributed by atoms with Crippen LogP contribution in [-0.4, -0.2) is 59.7 Å². The van der Waals surface area contributed by atoms with Gasteiger partial charge in [-0.3, -0.25) is 0 Å². The van der Waals surface area contributed by atoms with Gasteiger partial charge in [-0.2, -0.15) is 8.78 Å². The second kappa shape index (κ2) is 10.2. The monoisotopic (exact) mass is 453 g/mol. The molecule has 182 valence electrons. The average Bonchev–Trinajstić information content (AvgIpc) is 3.28. The average molecular weight is 454 g/mol. The SMILES string of the molecule is CC(CN1CC[C@H](OC(F)F)C1)[C@H]1CC[C@H]2/C(=C/C=C3C[C@@H](O)C[C@H](O)C3)CCC[C@]12C. The third-order valence-corrected chi connectivity index (χ3v) is 8.87. The van der Waals surface area contributed by atoms with E-state index >= 15 is 0 Å². The second-order valence-electron chi connectivity index (χ2n) is 11.2. The molecule has 1 saturated heterocycles. The van der Waals surface area contributed by atoms with Crippen LogP contribution in [0, 0.1) is 23.2 Å². The van der Waals surface area contributed by atoms with E-state index in [1.165, 1.54) is 25.7 Å². The molecule has 0 aromatic heterocycles. The number of fused-ring (bicyclic) bond motifs is 1. The van der Waals surface area contributed by atoms with Crippen molar-refractivity contribution in [2.45, 2.75) is 96.6 Å². The van der Waals surface area contributed by atoms with Crippen LogP contribution in [0.4, 0.5) is 8.78 Å². The summed E-state index contributed by atoms with van der Waals surface area (Å²) in [5.41, 5.74) is 3.00. The van der Waals surface area contributed by atoms with Crippen molar-refractivity contribution in [1.29, 1.82) is 0 Å². The van der Waals surface area contributed by atoms with Crippen molar-refractivity contribution in [2.75, 3.05) is 19.6 Å². The highest BCUT2D eigenvalue weighted by Gasteiger charge is 2.50. The van der Waals surface area contributed by atoms with Crippen molar-refractivity contribution < 1.29 is 23.7 Å². The number of hydrogen-bond acceptors (Lipinski definition) is 4. The van der Waals surface area contributed by atoms with E-state index in [2.05, 4.69) is 30.9 Å². The van der Waals surface area contributed by atoms with Gasteiger partial charge in [0.15, 0.2) is 0 Å². The number of rotatable bonds is 6. The highest BCUT2D eigenvalue weighted by atomic mass is 19.3. The van der Waals surface area contributed by atoms with Gasteiger partial charge in [0.1, 0.15) is 0 Å². The van der Waals surface area contributed by atoms with Gasteiger partial charge >= 0.3 is 6.61 Å². The quantitative estimate of drug-likeness (QED) is 0.600. The molecule has 1 heterocycles. The minimum atomic E-state index is -2.67. The number of likely N-dealkylation sites (tertiary alicyclic amines) is 1. The lowest BCUT2D eigenvalue weighted by Crippen LogP contribution is -2.39. The maximum absolute atomic E-state index is 12.5. The highest BCUT2D eigenvalue weighted by Crippen LogP contribution is 2.59. The van der Waals surface area contributed by atoms with Gasteiger partial charge in [-0.1, -0.05) is 37.1 Å². The minimum Gasteiger partial charge on any atom is -0.393 e. The summed E-state index contributed by atoms with van der Waals surface area (Å²) in [5.74, 6) is 1.79. The molecule has 3 aliphatic carbocycles. The Hall–Kier alpha value is -0.820. The van der Waals surface area contributed by atoms with Crippen LogP contribution in [-0.2, 0) is 4.74 Å². The Morgan fingerprint density at radius 1 is 1.16 bits per heavy atom. The molecule has 0 bridgehead atoms. The first kappa shape index (κ1) is 24.3. The number of nitrogens with zero attached hydrogens (tertiary/aromatic N) is 1. The Balaban J connectivity index is 1.39. The molecule has 4 rings (SSSR count). The van der Waals surface area contributed by atoms with E-state index in [0.717, 1.165) is 25.1 Å². The van der Waals surface area contributed by atoms with Crippen molar-refractivity contribution >= 4 is 0 Å². The van der Waals surface area contributed by atoms with E-state index < -0.39 is 18.8 Å². The van der Waals surface area contributed by atoms with Crippen molar-refractivity contribution in [3.05, 3.63) is 23.3 Å². The fourth-order valence-corrected chi connectivity index (χ4v) is 7.50. The number of aliphatic hydroxyl groups excluding tert-OH is 2. The van der Waals surface area contributed by atoms with Crippen LogP contribution in [0.25, 0.3) is 0 Å². The molecule has 0 spiro atoms. The molecule has 1 unspecified atom stereocenters. The Morgan fingerprint density at radius 3 is 2.62 bits per heavy atom. The molecule has 0 radical (unpaired) electrons. The Bertz CT molecular complexity index is 699. The molecule has 3 saturated carbocycles. The molecule has 1 aliphatic heterocycles. The zero-order valence-electron chi connectivity index (χ0n) is 19.7. The fourth-order valence-electron chi connectivity index (χ4n) is 7.50. The molecule has 4 aliphatic rings. The molecule has 7 atom stereocenters. The predicted molar refractivity (Wildman–Crippen MR) is 121 cm³/mol. The molecule has 6 heteroatoms. The molecular weight excluding hydrogens is 412 g/mol. The van der Waals surface area contributed by atoms with Crippen molar-refractivity contribution in [1.82, 2.24) is 4.90 Å².